The topological polar surface area (TPSA) is 104 Å². The quantitative estimate of drug-likeness (QED) is 0.378. The number of hydrogen-bond acceptors (Lipinski definition) is 5. The van der Waals surface area contributed by atoms with Crippen LogP contribution in [0.15, 0.2) is 42.5 Å². The Morgan fingerprint density at radius 2 is 1.73 bits per heavy atom. The van der Waals surface area contributed by atoms with Crippen LogP contribution < -0.4 is 9.62 Å². The fourth-order valence-corrected chi connectivity index (χ4v) is 4.98. The van der Waals surface area contributed by atoms with Crippen LogP contribution in [-0.2, 0) is 26.2 Å². The molecule has 0 fully saturated rings. The van der Waals surface area contributed by atoms with E-state index in [1.807, 2.05) is 13.8 Å². The average Bonchev–Trinajstić information content (AvgIpc) is 2.81. The van der Waals surface area contributed by atoms with Crippen LogP contribution in [0.4, 0.5) is 5.69 Å². The summed E-state index contributed by atoms with van der Waals surface area (Å²) < 4.78 is 26.4. The summed E-state index contributed by atoms with van der Waals surface area (Å²) in [6.07, 6.45) is 1.27. The molecule has 0 saturated carbocycles. The lowest BCUT2D eigenvalue weighted by Gasteiger charge is -2.33. The number of nitrogens with one attached hydrogen (secondary N) is 1. The normalized spacial score (nSPS) is 12.2. The minimum absolute atomic E-state index is 0.0342. The zero-order valence-corrected chi connectivity index (χ0v) is 24.0. The first-order valence-electron chi connectivity index (χ1n) is 11.8. The van der Waals surface area contributed by atoms with Gasteiger partial charge in [0.1, 0.15) is 12.6 Å². The Balaban J connectivity index is 2.49. The number of rotatable bonds is 12. The highest BCUT2D eigenvalue weighted by Gasteiger charge is 2.32. The molecule has 0 radical (unpaired) electrons. The summed E-state index contributed by atoms with van der Waals surface area (Å²) in [6.45, 7) is 6.87. The zero-order valence-electron chi connectivity index (χ0n) is 21.6. The van der Waals surface area contributed by atoms with Crippen LogP contribution >= 0.6 is 23.2 Å². The average molecular weight is 571 g/mol. The minimum atomic E-state index is -3.92. The molecule has 2 aromatic carbocycles. The van der Waals surface area contributed by atoms with E-state index in [1.54, 1.807) is 31.2 Å². The molecule has 37 heavy (non-hydrogen) atoms. The standard InChI is InChI=1S/C26H33Cl2N3O5S/c1-6-24(26(34)29-14-17(2)3)30(15-20-10-11-21(27)13-23(20)28)25(33)16-31(37(5,35)36)22-9-7-8-19(12-22)18(4)32/h7-13,17,24H,6,14-16H2,1-5H3,(H,29,34)/t24-/m1/s1. The SMILES string of the molecule is CC[C@H](C(=O)NCC(C)C)N(Cc1ccc(Cl)cc1Cl)C(=O)CN(c1cccc(C(C)=O)c1)S(C)(=O)=O. The van der Waals surface area contributed by atoms with E-state index in [1.165, 1.54) is 30.0 Å². The third-order valence-electron chi connectivity index (χ3n) is 5.65. The predicted molar refractivity (Wildman–Crippen MR) is 148 cm³/mol. The van der Waals surface area contributed by atoms with Crippen LogP contribution in [-0.4, -0.2) is 56.3 Å². The number of nitrogens with zero attached hydrogens (tertiary/aromatic N) is 2. The van der Waals surface area contributed by atoms with Gasteiger partial charge in [0.2, 0.25) is 21.8 Å². The number of amides is 2. The molecule has 0 unspecified atom stereocenters. The van der Waals surface area contributed by atoms with Gasteiger partial charge in [0.15, 0.2) is 5.78 Å². The number of Topliss-reactive ketones (excluding diaryl/α,β-unsaturated/α-hetero) is 1. The molecule has 11 heteroatoms. The van der Waals surface area contributed by atoms with E-state index in [-0.39, 0.29) is 29.8 Å². The molecule has 0 aromatic heterocycles. The fourth-order valence-electron chi connectivity index (χ4n) is 3.67. The van der Waals surface area contributed by atoms with Crippen molar-refractivity contribution < 1.29 is 22.8 Å². The van der Waals surface area contributed by atoms with E-state index in [2.05, 4.69) is 5.32 Å². The molecule has 0 heterocycles. The number of benzene rings is 2. The molecule has 0 aliphatic rings. The lowest BCUT2D eigenvalue weighted by molar-refractivity contribution is -0.140. The fraction of sp³-hybridized carbons (Fsp3) is 0.423. The van der Waals surface area contributed by atoms with Gasteiger partial charge in [-0.25, -0.2) is 8.42 Å². The number of carbonyl (C=O) groups excluding carboxylic acids is 3. The molecule has 0 spiro atoms. The van der Waals surface area contributed by atoms with Gasteiger partial charge in [-0.15, -0.1) is 0 Å². The highest BCUT2D eigenvalue weighted by atomic mass is 35.5. The van der Waals surface area contributed by atoms with Crippen molar-refractivity contribution in [1.82, 2.24) is 10.2 Å². The first kappa shape index (κ1) is 30.6. The molecule has 1 atom stereocenters. The monoisotopic (exact) mass is 569 g/mol. The van der Waals surface area contributed by atoms with Gasteiger partial charge in [0, 0.05) is 28.7 Å². The Morgan fingerprint density at radius 1 is 1.05 bits per heavy atom. The molecule has 0 aliphatic carbocycles. The predicted octanol–water partition coefficient (Wildman–Crippen LogP) is 4.54. The number of carbonyl (C=O) groups is 3. The van der Waals surface area contributed by atoms with Crippen molar-refractivity contribution in [1.29, 1.82) is 0 Å². The van der Waals surface area contributed by atoms with Crippen LogP contribution in [0.1, 0.15) is 50.0 Å². The number of halogens is 2. The molecule has 1 N–H and O–H groups in total. The molecular formula is C26H33Cl2N3O5S. The molecule has 2 aromatic rings. The summed E-state index contributed by atoms with van der Waals surface area (Å²) in [5.41, 5.74) is 1.03. The maximum absolute atomic E-state index is 13.7. The highest BCUT2D eigenvalue weighted by Crippen LogP contribution is 2.25. The third-order valence-corrected chi connectivity index (χ3v) is 7.37. The van der Waals surface area contributed by atoms with E-state index < -0.39 is 28.5 Å². The van der Waals surface area contributed by atoms with Crippen LogP contribution in [0.2, 0.25) is 10.0 Å². The lowest BCUT2D eigenvalue weighted by atomic mass is 10.1. The lowest BCUT2D eigenvalue weighted by Crippen LogP contribution is -2.52. The van der Waals surface area contributed by atoms with Crippen molar-refractivity contribution in [3.63, 3.8) is 0 Å². The van der Waals surface area contributed by atoms with Gasteiger partial charge in [-0.05, 0) is 49.1 Å². The molecular weight excluding hydrogens is 537 g/mol. The minimum Gasteiger partial charge on any atom is -0.354 e. The van der Waals surface area contributed by atoms with Crippen molar-refractivity contribution in [3.05, 3.63) is 63.6 Å². The van der Waals surface area contributed by atoms with E-state index in [0.717, 1.165) is 10.6 Å². The van der Waals surface area contributed by atoms with Gasteiger partial charge >= 0.3 is 0 Å². The summed E-state index contributed by atoms with van der Waals surface area (Å²) in [7, 11) is -3.92. The third kappa shape index (κ3) is 8.72. The second-order valence-electron chi connectivity index (χ2n) is 9.20. The Morgan fingerprint density at radius 3 is 2.27 bits per heavy atom. The summed E-state index contributed by atoms with van der Waals surface area (Å²) in [5.74, 6) is -0.991. The largest absolute Gasteiger partial charge is 0.354 e. The van der Waals surface area contributed by atoms with Crippen molar-refractivity contribution in [2.24, 2.45) is 5.92 Å². The summed E-state index contributed by atoms with van der Waals surface area (Å²) >= 11 is 12.4. The van der Waals surface area contributed by atoms with E-state index >= 15 is 0 Å². The van der Waals surface area contributed by atoms with E-state index in [4.69, 9.17) is 23.2 Å². The number of sulfonamides is 1. The van der Waals surface area contributed by atoms with Gasteiger partial charge in [0.05, 0.1) is 11.9 Å². The number of ketones is 1. The Kier molecular flexibility index (Phi) is 11.0. The molecule has 2 amide bonds. The first-order chi connectivity index (χ1) is 17.2. The van der Waals surface area contributed by atoms with Gasteiger partial charge < -0.3 is 10.2 Å². The summed E-state index contributed by atoms with van der Waals surface area (Å²) in [5, 5.41) is 3.59. The second kappa shape index (κ2) is 13.3. The van der Waals surface area contributed by atoms with E-state index in [0.29, 0.717) is 34.1 Å². The van der Waals surface area contributed by atoms with Crippen molar-refractivity contribution in [3.8, 4) is 0 Å². The maximum Gasteiger partial charge on any atom is 0.244 e. The van der Waals surface area contributed by atoms with Gasteiger partial charge in [0.25, 0.3) is 0 Å². The molecule has 0 bridgehead atoms. The molecule has 0 saturated heterocycles. The van der Waals surface area contributed by atoms with Crippen molar-refractivity contribution >= 4 is 56.5 Å². The van der Waals surface area contributed by atoms with Crippen LogP contribution in [0.25, 0.3) is 0 Å². The first-order valence-corrected chi connectivity index (χ1v) is 14.4. The second-order valence-corrected chi connectivity index (χ2v) is 11.9. The maximum atomic E-state index is 13.7. The van der Waals surface area contributed by atoms with E-state index in [9.17, 15) is 22.8 Å². The Bertz CT molecular complexity index is 1250. The van der Waals surface area contributed by atoms with Crippen molar-refractivity contribution in [2.75, 3.05) is 23.7 Å². The number of hydrogen-bond donors (Lipinski definition) is 1. The van der Waals surface area contributed by atoms with Gasteiger partial charge in [-0.3, -0.25) is 18.7 Å². The van der Waals surface area contributed by atoms with Crippen molar-refractivity contribution in [2.45, 2.75) is 46.7 Å². The van der Waals surface area contributed by atoms with Crippen LogP contribution in [0, 0.1) is 5.92 Å². The summed E-state index contributed by atoms with van der Waals surface area (Å²) in [4.78, 5) is 40.0. The summed E-state index contributed by atoms with van der Waals surface area (Å²) in [6, 6.07) is 10.00. The highest BCUT2D eigenvalue weighted by molar-refractivity contribution is 7.92. The van der Waals surface area contributed by atoms with Crippen LogP contribution in [0.5, 0.6) is 0 Å². The van der Waals surface area contributed by atoms with Crippen LogP contribution in [0.3, 0.4) is 0 Å². The molecule has 0 aliphatic heterocycles. The molecule has 8 nitrogen and oxygen atoms in total. The Labute approximate surface area is 229 Å². The zero-order chi connectivity index (χ0) is 27.9. The number of anilines is 1. The molecule has 202 valence electrons. The smallest absolute Gasteiger partial charge is 0.244 e. The van der Waals surface area contributed by atoms with Gasteiger partial charge in [-0.2, -0.15) is 0 Å². The van der Waals surface area contributed by atoms with Gasteiger partial charge in [-0.1, -0.05) is 62.2 Å². The molecule has 2 rings (SSSR count). The Hall–Kier alpha value is -2.62.